The lowest BCUT2D eigenvalue weighted by Gasteiger charge is -1.97. The number of carbonyl (C=O) groups excluding carboxylic acids is 1. The Kier molecular flexibility index (Phi) is 3.50. The molecule has 100 valence electrons. The van der Waals surface area contributed by atoms with E-state index in [4.69, 9.17) is 4.74 Å². The van der Waals surface area contributed by atoms with Crippen LogP contribution in [0.1, 0.15) is 10.4 Å². The maximum atomic E-state index is 11.5. The van der Waals surface area contributed by atoms with Gasteiger partial charge in [0.1, 0.15) is 5.01 Å². The van der Waals surface area contributed by atoms with Crippen LogP contribution in [0.3, 0.4) is 0 Å². The molecule has 0 aliphatic rings. The summed E-state index contributed by atoms with van der Waals surface area (Å²) in [4.78, 5) is 20.2. The number of halogens is 1. The molecule has 2 heterocycles. The van der Waals surface area contributed by atoms with Gasteiger partial charge < -0.3 is 4.74 Å². The van der Waals surface area contributed by atoms with E-state index in [2.05, 4.69) is 25.9 Å². The summed E-state index contributed by atoms with van der Waals surface area (Å²) in [6.07, 6.45) is 3.50. The zero-order chi connectivity index (χ0) is 14.1. The third-order valence-corrected chi connectivity index (χ3v) is 4.26. The molecule has 3 rings (SSSR count). The van der Waals surface area contributed by atoms with Crippen molar-refractivity contribution < 1.29 is 9.53 Å². The van der Waals surface area contributed by atoms with Crippen molar-refractivity contribution >= 4 is 43.5 Å². The lowest BCUT2D eigenvalue weighted by Crippen LogP contribution is -1.99. The summed E-state index contributed by atoms with van der Waals surface area (Å²) in [6, 6.07) is 7.31. The zero-order valence-electron chi connectivity index (χ0n) is 10.5. The number of fused-ring (bicyclic) bond motifs is 1. The number of carbonyl (C=O) groups is 1. The Morgan fingerprint density at radius 3 is 2.90 bits per heavy atom. The Morgan fingerprint density at radius 2 is 2.15 bits per heavy atom. The van der Waals surface area contributed by atoms with Gasteiger partial charge in [-0.05, 0) is 40.2 Å². The van der Waals surface area contributed by atoms with Crippen LogP contribution in [0.15, 0.2) is 41.1 Å². The van der Waals surface area contributed by atoms with Crippen molar-refractivity contribution in [3.63, 3.8) is 0 Å². The van der Waals surface area contributed by atoms with Crippen LogP contribution in [0.25, 0.3) is 20.8 Å². The normalized spacial score (nSPS) is 10.7. The molecule has 0 saturated carbocycles. The first-order chi connectivity index (χ1) is 9.67. The second-order valence-electron chi connectivity index (χ2n) is 4.08. The third kappa shape index (κ3) is 2.44. The van der Waals surface area contributed by atoms with E-state index in [9.17, 15) is 4.79 Å². The van der Waals surface area contributed by atoms with E-state index < -0.39 is 0 Å². The van der Waals surface area contributed by atoms with Gasteiger partial charge in [0, 0.05) is 22.4 Å². The Balaban J connectivity index is 2.09. The average Bonchev–Trinajstić information content (AvgIpc) is 2.89. The van der Waals surface area contributed by atoms with E-state index in [0.29, 0.717) is 5.56 Å². The zero-order valence-corrected chi connectivity index (χ0v) is 12.9. The second-order valence-corrected chi connectivity index (χ2v) is 6.03. The molecule has 0 aliphatic heterocycles. The van der Waals surface area contributed by atoms with E-state index in [-0.39, 0.29) is 5.97 Å². The fourth-order valence-corrected chi connectivity index (χ4v) is 3.17. The molecule has 0 unspecified atom stereocenters. The number of thiazole rings is 1. The van der Waals surface area contributed by atoms with Gasteiger partial charge in [0.05, 0.1) is 22.9 Å². The molecule has 1 aromatic carbocycles. The second kappa shape index (κ2) is 5.30. The van der Waals surface area contributed by atoms with Crippen LogP contribution < -0.4 is 0 Å². The highest BCUT2D eigenvalue weighted by molar-refractivity contribution is 9.10. The number of nitrogens with zero attached hydrogens (tertiary/aromatic N) is 2. The van der Waals surface area contributed by atoms with Crippen molar-refractivity contribution in [2.24, 2.45) is 0 Å². The molecule has 2 aromatic heterocycles. The quantitative estimate of drug-likeness (QED) is 0.659. The molecule has 6 heteroatoms. The van der Waals surface area contributed by atoms with Crippen LogP contribution in [0, 0.1) is 0 Å². The van der Waals surface area contributed by atoms with Gasteiger partial charge >= 0.3 is 5.97 Å². The summed E-state index contributed by atoms with van der Waals surface area (Å²) >= 11 is 4.92. The molecule has 4 nitrogen and oxygen atoms in total. The number of rotatable bonds is 2. The van der Waals surface area contributed by atoms with Gasteiger partial charge in [0.15, 0.2) is 0 Å². The first kappa shape index (κ1) is 13.2. The SMILES string of the molecule is COC(=O)c1ccc2nc(-c3cncc(Br)c3)sc2c1. The van der Waals surface area contributed by atoms with E-state index in [1.807, 2.05) is 12.1 Å². The average molecular weight is 349 g/mol. The number of hydrogen-bond donors (Lipinski definition) is 0. The van der Waals surface area contributed by atoms with Crippen LogP contribution in [0.5, 0.6) is 0 Å². The minimum atomic E-state index is -0.342. The summed E-state index contributed by atoms with van der Waals surface area (Å²) in [7, 11) is 1.37. The van der Waals surface area contributed by atoms with Gasteiger partial charge in [0.25, 0.3) is 0 Å². The van der Waals surface area contributed by atoms with Crippen LogP contribution in [0.4, 0.5) is 0 Å². The molecule has 0 N–H and O–H groups in total. The molecular weight excluding hydrogens is 340 g/mol. The maximum absolute atomic E-state index is 11.5. The highest BCUT2D eigenvalue weighted by Gasteiger charge is 2.11. The summed E-state index contributed by atoms with van der Waals surface area (Å²) in [6.45, 7) is 0. The van der Waals surface area contributed by atoms with Crippen molar-refractivity contribution in [2.75, 3.05) is 7.11 Å². The molecule has 0 aliphatic carbocycles. The van der Waals surface area contributed by atoms with Gasteiger partial charge in [-0.1, -0.05) is 0 Å². The first-order valence-electron chi connectivity index (χ1n) is 5.77. The van der Waals surface area contributed by atoms with Gasteiger partial charge in [0.2, 0.25) is 0 Å². The standard InChI is InChI=1S/C14H9BrN2O2S/c1-19-14(18)8-2-3-11-12(5-8)20-13(17-11)9-4-10(15)7-16-6-9/h2-7H,1H3. The van der Waals surface area contributed by atoms with Gasteiger partial charge in [-0.25, -0.2) is 9.78 Å². The van der Waals surface area contributed by atoms with Gasteiger partial charge in [-0.2, -0.15) is 0 Å². The largest absolute Gasteiger partial charge is 0.465 e. The number of hydrogen-bond acceptors (Lipinski definition) is 5. The number of esters is 1. The Labute approximate surface area is 127 Å². The van der Waals surface area contributed by atoms with Crippen LogP contribution in [-0.4, -0.2) is 23.0 Å². The lowest BCUT2D eigenvalue weighted by molar-refractivity contribution is 0.0601. The van der Waals surface area contributed by atoms with Crippen LogP contribution >= 0.6 is 27.3 Å². The minimum absolute atomic E-state index is 0.342. The summed E-state index contributed by atoms with van der Waals surface area (Å²) in [5, 5.41) is 0.871. The first-order valence-corrected chi connectivity index (χ1v) is 7.38. The molecule has 20 heavy (non-hydrogen) atoms. The van der Waals surface area contributed by atoms with Crippen LogP contribution in [0.2, 0.25) is 0 Å². The Morgan fingerprint density at radius 1 is 1.30 bits per heavy atom. The van der Waals surface area contributed by atoms with E-state index in [1.165, 1.54) is 18.4 Å². The fourth-order valence-electron chi connectivity index (χ4n) is 1.82. The molecule has 0 fully saturated rings. The smallest absolute Gasteiger partial charge is 0.337 e. The number of benzene rings is 1. The predicted molar refractivity (Wildman–Crippen MR) is 81.9 cm³/mol. The van der Waals surface area contributed by atoms with Crippen molar-refractivity contribution in [2.45, 2.75) is 0 Å². The minimum Gasteiger partial charge on any atom is -0.465 e. The fraction of sp³-hybridized carbons (Fsp3) is 0.0714. The topological polar surface area (TPSA) is 52.1 Å². The third-order valence-electron chi connectivity index (χ3n) is 2.76. The van der Waals surface area contributed by atoms with Crippen LogP contribution in [-0.2, 0) is 4.74 Å². The van der Waals surface area contributed by atoms with E-state index in [1.54, 1.807) is 24.5 Å². The summed E-state index contributed by atoms with van der Waals surface area (Å²) in [5.41, 5.74) is 2.33. The molecule has 0 amide bonds. The Hall–Kier alpha value is -1.79. The molecule has 0 radical (unpaired) electrons. The highest BCUT2D eigenvalue weighted by atomic mass is 79.9. The van der Waals surface area contributed by atoms with Crippen molar-refractivity contribution in [3.8, 4) is 10.6 Å². The van der Waals surface area contributed by atoms with Gasteiger partial charge in [-0.3, -0.25) is 4.98 Å². The van der Waals surface area contributed by atoms with Crippen molar-refractivity contribution in [3.05, 3.63) is 46.7 Å². The van der Waals surface area contributed by atoms with E-state index in [0.717, 1.165) is 25.3 Å². The lowest BCUT2D eigenvalue weighted by atomic mass is 10.2. The number of methoxy groups -OCH3 is 1. The molecular formula is C14H9BrN2O2S. The monoisotopic (exact) mass is 348 g/mol. The summed E-state index contributed by atoms with van der Waals surface area (Å²) in [5.74, 6) is -0.342. The molecule has 0 saturated heterocycles. The molecule has 0 spiro atoms. The van der Waals surface area contributed by atoms with Crippen molar-refractivity contribution in [1.29, 1.82) is 0 Å². The molecule has 0 atom stereocenters. The summed E-state index contributed by atoms with van der Waals surface area (Å²) < 4.78 is 6.58. The highest BCUT2D eigenvalue weighted by Crippen LogP contribution is 2.31. The predicted octanol–water partition coefficient (Wildman–Crippen LogP) is 3.91. The maximum Gasteiger partial charge on any atom is 0.337 e. The molecule has 0 bridgehead atoms. The Bertz CT molecular complexity index is 801. The number of pyridine rings is 1. The molecule has 3 aromatic rings. The number of aromatic nitrogens is 2. The van der Waals surface area contributed by atoms with Gasteiger partial charge in [-0.15, -0.1) is 11.3 Å². The number of ether oxygens (including phenoxy) is 1. The van der Waals surface area contributed by atoms with Crippen molar-refractivity contribution in [1.82, 2.24) is 9.97 Å². The van der Waals surface area contributed by atoms with E-state index >= 15 is 0 Å².